The van der Waals surface area contributed by atoms with Crippen molar-refractivity contribution in [3.05, 3.63) is 48.5 Å². The smallest absolute Gasteiger partial charge is 0.276 e. The molecule has 0 spiro atoms. The quantitative estimate of drug-likeness (QED) is 0.587. The lowest BCUT2D eigenvalue weighted by Gasteiger charge is -2.01. The van der Waals surface area contributed by atoms with Gasteiger partial charge in [0.25, 0.3) is 5.89 Å². The molecule has 4 rings (SSSR count). The molecule has 0 saturated heterocycles. The molecule has 6 nitrogen and oxygen atoms in total. The van der Waals surface area contributed by atoms with Crippen LogP contribution < -0.4 is 5.73 Å². The van der Waals surface area contributed by atoms with Crippen molar-refractivity contribution in [3.8, 4) is 23.0 Å². The van der Waals surface area contributed by atoms with Crippen LogP contribution in [0.4, 0.5) is 5.82 Å². The van der Waals surface area contributed by atoms with Gasteiger partial charge in [-0.1, -0.05) is 47.6 Å². The average molecular weight is 277 g/mol. The number of hydrogen-bond acceptors (Lipinski definition) is 5. The molecule has 4 aromatic rings. The van der Waals surface area contributed by atoms with Crippen molar-refractivity contribution in [2.24, 2.45) is 0 Å². The molecule has 2 aromatic heterocycles. The van der Waals surface area contributed by atoms with Gasteiger partial charge in [0.15, 0.2) is 0 Å². The van der Waals surface area contributed by atoms with E-state index in [1.54, 1.807) is 6.07 Å². The van der Waals surface area contributed by atoms with E-state index in [0.29, 0.717) is 23.2 Å². The maximum absolute atomic E-state index is 5.58. The molecule has 0 radical (unpaired) electrons. The van der Waals surface area contributed by atoms with E-state index in [4.69, 9.17) is 10.3 Å². The molecular formula is C15H11N5O. The van der Waals surface area contributed by atoms with E-state index in [2.05, 4.69) is 32.5 Å². The Labute approximate surface area is 119 Å². The van der Waals surface area contributed by atoms with E-state index in [1.807, 2.05) is 30.3 Å². The van der Waals surface area contributed by atoms with Gasteiger partial charge < -0.3 is 10.3 Å². The van der Waals surface area contributed by atoms with Crippen LogP contribution in [-0.4, -0.2) is 20.3 Å². The van der Waals surface area contributed by atoms with E-state index in [-0.39, 0.29) is 0 Å². The molecule has 2 aromatic carbocycles. The fourth-order valence-electron chi connectivity index (χ4n) is 2.31. The normalized spacial score (nSPS) is 11.0. The van der Waals surface area contributed by atoms with E-state index in [0.717, 1.165) is 16.3 Å². The maximum atomic E-state index is 5.58. The Morgan fingerprint density at radius 1 is 1.05 bits per heavy atom. The number of aromatic amines is 1. The van der Waals surface area contributed by atoms with Gasteiger partial charge in [0.1, 0.15) is 11.5 Å². The highest BCUT2D eigenvalue weighted by Gasteiger charge is 2.14. The summed E-state index contributed by atoms with van der Waals surface area (Å²) in [6, 6.07) is 15.7. The SMILES string of the molecule is Nc1cc(-c2nc(-c3cccc4ccccc34)no2)[nH]n1. The lowest BCUT2D eigenvalue weighted by Crippen LogP contribution is -1.84. The summed E-state index contributed by atoms with van der Waals surface area (Å²) in [4.78, 5) is 4.41. The van der Waals surface area contributed by atoms with Gasteiger partial charge >= 0.3 is 0 Å². The highest BCUT2D eigenvalue weighted by molar-refractivity contribution is 5.95. The minimum Gasteiger partial charge on any atom is -0.382 e. The summed E-state index contributed by atoms with van der Waals surface area (Å²) in [6.45, 7) is 0. The first-order valence-electron chi connectivity index (χ1n) is 6.44. The maximum Gasteiger partial charge on any atom is 0.276 e. The van der Waals surface area contributed by atoms with Gasteiger partial charge in [0, 0.05) is 11.6 Å². The first kappa shape index (κ1) is 11.7. The highest BCUT2D eigenvalue weighted by atomic mass is 16.5. The molecule has 0 aliphatic carbocycles. The number of hydrogen-bond donors (Lipinski definition) is 2. The molecule has 102 valence electrons. The molecule has 0 aliphatic rings. The van der Waals surface area contributed by atoms with Gasteiger partial charge in [-0.15, -0.1) is 0 Å². The zero-order chi connectivity index (χ0) is 14.2. The molecule has 0 fully saturated rings. The molecule has 0 aliphatic heterocycles. The zero-order valence-electron chi connectivity index (χ0n) is 10.9. The third kappa shape index (κ3) is 1.93. The molecule has 0 bridgehead atoms. The van der Waals surface area contributed by atoms with Gasteiger partial charge in [0.2, 0.25) is 5.82 Å². The zero-order valence-corrected chi connectivity index (χ0v) is 10.9. The van der Waals surface area contributed by atoms with Crippen LogP contribution in [0.5, 0.6) is 0 Å². The van der Waals surface area contributed by atoms with E-state index in [1.165, 1.54) is 0 Å². The molecule has 6 heteroatoms. The minimum atomic E-state index is 0.363. The molecule has 0 amide bonds. The lowest BCUT2D eigenvalue weighted by atomic mass is 10.0. The number of H-pyrrole nitrogens is 1. The minimum absolute atomic E-state index is 0.363. The predicted octanol–water partition coefficient (Wildman–Crippen LogP) is 2.86. The van der Waals surface area contributed by atoms with Crippen molar-refractivity contribution in [1.82, 2.24) is 20.3 Å². The summed E-state index contributed by atoms with van der Waals surface area (Å²) in [5.41, 5.74) is 7.11. The predicted molar refractivity (Wildman–Crippen MR) is 79.2 cm³/mol. The number of rotatable bonds is 2. The Balaban J connectivity index is 1.85. The van der Waals surface area contributed by atoms with Crippen LogP contribution in [0.2, 0.25) is 0 Å². The lowest BCUT2D eigenvalue weighted by molar-refractivity contribution is 0.431. The molecule has 0 unspecified atom stereocenters. The summed E-state index contributed by atoms with van der Waals surface area (Å²) in [7, 11) is 0. The summed E-state index contributed by atoms with van der Waals surface area (Å²) in [5.74, 6) is 1.28. The summed E-state index contributed by atoms with van der Waals surface area (Å²) < 4.78 is 5.28. The summed E-state index contributed by atoms with van der Waals surface area (Å²) >= 11 is 0. The second kappa shape index (κ2) is 4.45. The Morgan fingerprint density at radius 2 is 1.90 bits per heavy atom. The molecule has 0 atom stereocenters. The van der Waals surface area contributed by atoms with Crippen molar-refractivity contribution in [1.29, 1.82) is 0 Å². The molecule has 2 heterocycles. The van der Waals surface area contributed by atoms with Gasteiger partial charge in [-0.25, -0.2) is 0 Å². The van der Waals surface area contributed by atoms with E-state index < -0.39 is 0 Å². The number of aromatic nitrogens is 4. The van der Waals surface area contributed by atoms with Crippen LogP contribution in [0.3, 0.4) is 0 Å². The Kier molecular flexibility index (Phi) is 2.47. The van der Waals surface area contributed by atoms with Crippen LogP contribution in [-0.2, 0) is 0 Å². The monoisotopic (exact) mass is 277 g/mol. The molecule has 21 heavy (non-hydrogen) atoms. The third-order valence-electron chi connectivity index (χ3n) is 3.28. The Bertz CT molecular complexity index is 919. The first-order valence-corrected chi connectivity index (χ1v) is 6.44. The first-order chi connectivity index (χ1) is 10.3. The average Bonchev–Trinajstić information content (AvgIpc) is 3.15. The topological polar surface area (TPSA) is 93.6 Å². The van der Waals surface area contributed by atoms with Gasteiger partial charge in [-0.2, -0.15) is 10.1 Å². The number of nitrogens with two attached hydrogens (primary N) is 1. The van der Waals surface area contributed by atoms with Crippen LogP contribution in [0.1, 0.15) is 0 Å². The van der Waals surface area contributed by atoms with Crippen molar-refractivity contribution >= 4 is 16.6 Å². The fraction of sp³-hybridized carbons (Fsp3) is 0. The fourth-order valence-corrected chi connectivity index (χ4v) is 2.31. The Hall–Kier alpha value is -3.15. The van der Waals surface area contributed by atoms with Gasteiger partial charge in [-0.05, 0) is 10.8 Å². The number of nitrogen functional groups attached to an aromatic ring is 1. The molecular weight excluding hydrogens is 266 g/mol. The van der Waals surface area contributed by atoms with Crippen molar-refractivity contribution < 1.29 is 4.52 Å². The second-order valence-electron chi connectivity index (χ2n) is 4.66. The van der Waals surface area contributed by atoms with Crippen LogP contribution in [0, 0.1) is 0 Å². The number of nitrogens with one attached hydrogen (secondary N) is 1. The van der Waals surface area contributed by atoms with E-state index >= 15 is 0 Å². The number of benzene rings is 2. The number of anilines is 1. The summed E-state index contributed by atoms with van der Waals surface area (Å²) in [6.07, 6.45) is 0. The molecule has 3 N–H and O–H groups in total. The van der Waals surface area contributed by atoms with Crippen molar-refractivity contribution in [3.63, 3.8) is 0 Å². The molecule has 0 saturated carbocycles. The number of fused-ring (bicyclic) bond motifs is 1. The van der Waals surface area contributed by atoms with Crippen LogP contribution in [0.15, 0.2) is 53.1 Å². The summed E-state index contributed by atoms with van der Waals surface area (Å²) in [5, 5.41) is 12.9. The van der Waals surface area contributed by atoms with E-state index in [9.17, 15) is 0 Å². The van der Waals surface area contributed by atoms with Gasteiger partial charge in [0.05, 0.1) is 0 Å². The second-order valence-corrected chi connectivity index (χ2v) is 4.66. The van der Waals surface area contributed by atoms with Crippen molar-refractivity contribution in [2.45, 2.75) is 0 Å². The highest BCUT2D eigenvalue weighted by Crippen LogP contribution is 2.28. The van der Waals surface area contributed by atoms with Crippen LogP contribution in [0.25, 0.3) is 33.7 Å². The number of nitrogens with zero attached hydrogens (tertiary/aromatic N) is 3. The van der Waals surface area contributed by atoms with Gasteiger partial charge in [-0.3, -0.25) is 5.10 Å². The largest absolute Gasteiger partial charge is 0.382 e. The van der Waals surface area contributed by atoms with Crippen molar-refractivity contribution in [2.75, 3.05) is 5.73 Å². The van der Waals surface area contributed by atoms with Crippen LogP contribution >= 0.6 is 0 Å². The standard InChI is InChI=1S/C15H11N5O/c16-13-8-12(18-19-13)15-17-14(20-21-15)11-7-3-5-9-4-1-2-6-10(9)11/h1-8H,(H3,16,18,19). The third-order valence-corrected chi connectivity index (χ3v) is 3.28. The Morgan fingerprint density at radius 3 is 2.76 bits per heavy atom.